The second kappa shape index (κ2) is 6.80. The average molecular weight is 318 g/mol. The van der Waals surface area contributed by atoms with Crippen LogP contribution in [0.3, 0.4) is 0 Å². The van der Waals surface area contributed by atoms with Crippen molar-refractivity contribution in [2.24, 2.45) is 0 Å². The lowest BCUT2D eigenvalue weighted by Gasteiger charge is -2.15. The van der Waals surface area contributed by atoms with Gasteiger partial charge in [-0.2, -0.15) is 0 Å². The Labute approximate surface area is 137 Å². The highest BCUT2D eigenvalue weighted by Gasteiger charge is 2.22. The Bertz CT molecular complexity index is 611. The minimum absolute atomic E-state index is 0.0966. The standard InChI is InChI=1S/C18H26N2OS/c1-12(16-13(2)20-17(22-16)18(3,4)5)19-15-8-6-14(7-9-15)10-11-21/h6-9,12,19,21H,10-11H2,1-5H3. The van der Waals surface area contributed by atoms with Gasteiger partial charge < -0.3 is 10.4 Å². The number of aliphatic hydroxyl groups is 1. The van der Waals surface area contributed by atoms with Crippen molar-refractivity contribution >= 4 is 17.0 Å². The van der Waals surface area contributed by atoms with Gasteiger partial charge in [-0.3, -0.25) is 0 Å². The number of nitrogens with zero attached hydrogens (tertiary/aromatic N) is 1. The molecule has 0 saturated carbocycles. The maximum atomic E-state index is 8.96. The third-order valence-electron chi connectivity index (χ3n) is 3.60. The van der Waals surface area contributed by atoms with Gasteiger partial charge in [0, 0.05) is 22.6 Å². The van der Waals surface area contributed by atoms with Gasteiger partial charge in [-0.1, -0.05) is 32.9 Å². The van der Waals surface area contributed by atoms with Crippen LogP contribution in [0.15, 0.2) is 24.3 Å². The van der Waals surface area contributed by atoms with Crippen LogP contribution in [0.4, 0.5) is 5.69 Å². The summed E-state index contributed by atoms with van der Waals surface area (Å²) >= 11 is 1.80. The summed E-state index contributed by atoms with van der Waals surface area (Å²) in [6, 6.07) is 8.50. The van der Waals surface area contributed by atoms with E-state index >= 15 is 0 Å². The van der Waals surface area contributed by atoms with E-state index in [0.29, 0.717) is 6.42 Å². The van der Waals surface area contributed by atoms with E-state index in [4.69, 9.17) is 10.1 Å². The molecule has 0 aliphatic carbocycles. The fourth-order valence-electron chi connectivity index (χ4n) is 2.34. The monoisotopic (exact) mass is 318 g/mol. The predicted octanol–water partition coefficient (Wildman–Crippen LogP) is 4.46. The molecular formula is C18H26N2OS. The van der Waals surface area contributed by atoms with E-state index in [1.54, 1.807) is 11.3 Å². The quantitative estimate of drug-likeness (QED) is 0.855. The summed E-state index contributed by atoms with van der Waals surface area (Å²) in [6.07, 6.45) is 0.707. The van der Waals surface area contributed by atoms with Crippen LogP contribution in [0.1, 0.15) is 54.9 Å². The molecule has 1 aromatic carbocycles. The molecule has 120 valence electrons. The normalized spacial score (nSPS) is 13.2. The number of aryl methyl sites for hydroxylation is 1. The topological polar surface area (TPSA) is 45.2 Å². The van der Waals surface area contributed by atoms with E-state index < -0.39 is 0 Å². The van der Waals surface area contributed by atoms with E-state index in [1.807, 2.05) is 0 Å². The molecule has 0 bridgehead atoms. The lowest BCUT2D eigenvalue weighted by atomic mass is 9.98. The number of aromatic nitrogens is 1. The van der Waals surface area contributed by atoms with Crippen LogP contribution in [0.2, 0.25) is 0 Å². The highest BCUT2D eigenvalue weighted by atomic mass is 32.1. The molecular weight excluding hydrogens is 292 g/mol. The second-order valence-electron chi connectivity index (χ2n) is 6.76. The van der Waals surface area contributed by atoms with Crippen LogP contribution in [0, 0.1) is 6.92 Å². The number of hydrogen-bond donors (Lipinski definition) is 2. The molecule has 0 fully saturated rings. The number of aliphatic hydroxyl groups excluding tert-OH is 1. The highest BCUT2D eigenvalue weighted by Crippen LogP contribution is 2.33. The summed E-state index contributed by atoms with van der Waals surface area (Å²) in [6.45, 7) is 11.1. The molecule has 1 unspecified atom stereocenters. The van der Waals surface area contributed by atoms with E-state index in [2.05, 4.69) is 64.2 Å². The van der Waals surface area contributed by atoms with Crippen molar-refractivity contribution in [2.45, 2.75) is 52.5 Å². The van der Waals surface area contributed by atoms with Crippen molar-refractivity contribution in [3.8, 4) is 0 Å². The molecule has 2 N–H and O–H groups in total. The minimum atomic E-state index is 0.0966. The molecule has 3 nitrogen and oxygen atoms in total. The summed E-state index contributed by atoms with van der Waals surface area (Å²) < 4.78 is 0. The van der Waals surface area contributed by atoms with Crippen LogP contribution in [-0.4, -0.2) is 16.7 Å². The third kappa shape index (κ3) is 4.08. The Balaban J connectivity index is 2.12. The van der Waals surface area contributed by atoms with Crippen molar-refractivity contribution in [2.75, 3.05) is 11.9 Å². The van der Waals surface area contributed by atoms with Crippen LogP contribution < -0.4 is 5.32 Å². The van der Waals surface area contributed by atoms with Crippen molar-refractivity contribution in [1.82, 2.24) is 4.98 Å². The van der Waals surface area contributed by atoms with E-state index in [9.17, 15) is 0 Å². The molecule has 2 aromatic rings. The third-order valence-corrected chi connectivity index (χ3v) is 5.37. The van der Waals surface area contributed by atoms with E-state index in [0.717, 1.165) is 16.9 Å². The van der Waals surface area contributed by atoms with E-state index in [1.165, 1.54) is 9.88 Å². The Hall–Kier alpha value is -1.39. The van der Waals surface area contributed by atoms with E-state index in [-0.39, 0.29) is 18.1 Å². The first-order valence-corrected chi connectivity index (χ1v) is 8.57. The Kier molecular flexibility index (Phi) is 5.24. The lowest BCUT2D eigenvalue weighted by molar-refractivity contribution is 0.299. The molecule has 0 spiro atoms. The zero-order valence-electron chi connectivity index (χ0n) is 14.1. The highest BCUT2D eigenvalue weighted by molar-refractivity contribution is 7.12. The molecule has 2 rings (SSSR count). The summed E-state index contributed by atoms with van der Waals surface area (Å²) in [5.74, 6) is 0. The molecule has 0 aliphatic heterocycles. The number of benzene rings is 1. The molecule has 4 heteroatoms. The summed E-state index contributed by atoms with van der Waals surface area (Å²) in [7, 11) is 0. The van der Waals surface area contributed by atoms with Crippen molar-refractivity contribution < 1.29 is 5.11 Å². The van der Waals surface area contributed by atoms with Gasteiger partial charge in [0.15, 0.2) is 0 Å². The van der Waals surface area contributed by atoms with Gasteiger partial charge in [0.05, 0.1) is 16.7 Å². The van der Waals surface area contributed by atoms with Gasteiger partial charge in [-0.25, -0.2) is 4.98 Å². The van der Waals surface area contributed by atoms with Gasteiger partial charge in [0.2, 0.25) is 0 Å². The summed E-state index contributed by atoms with van der Waals surface area (Å²) in [5, 5.41) is 13.7. The van der Waals surface area contributed by atoms with Crippen molar-refractivity contribution in [3.63, 3.8) is 0 Å². The Morgan fingerprint density at radius 2 is 1.86 bits per heavy atom. The molecule has 1 heterocycles. The smallest absolute Gasteiger partial charge is 0.0985 e. The molecule has 1 atom stereocenters. The summed E-state index contributed by atoms with van der Waals surface area (Å²) in [4.78, 5) is 6.03. The zero-order chi connectivity index (χ0) is 16.3. The first-order chi connectivity index (χ1) is 10.3. The van der Waals surface area contributed by atoms with Gasteiger partial charge in [-0.15, -0.1) is 11.3 Å². The van der Waals surface area contributed by atoms with Gasteiger partial charge in [-0.05, 0) is 38.0 Å². The van der Waals surface area contributed by atoms with Gasteiger partial charge in [0.1, 0.15) is 0 Å². The number of nitrogens with one attached hydrogen (secondary N) is 1. The fraction of sp³-hybridized carbons (Fsp3) is 0.500. The number of anilines is 1. The van der Waals surface area contributed by atoms with Crippen LogP contribution >= 0.6 is 11.3 Å². The molecule has 0 amide bonds. The Morgan fingerprint density at radius 1 is 1.23 bits per heavy atom. The SMILES string of the molecule is Cc1nc(C(C)(C)C)sc1C(C)Nc1ccc(CCO)cc1. The number of thiazole rings is 1. The molecule has 0 aliphatic rings. The van der Waals surface area contributed by atoms with Gasteiger partial charge >= 0.3 is 0 Å². The van der Waals surface area contributed by atoms with Crippen molar-refractivity contribution in [1.29, 1.82) is 0 Å². The number of hydrogen-bond acceptors (Lipinski definition) is 4. The molecule has 0 saturated heterocycles. The largest absolute Gasteiger partial charge is 0.396 e. The van der Waals surface area contributed by atoms with Crippen LogP contribution in [0.5, 0.6) is 0 Å². The number of rotatable bonds is 5. The van der Waals surface area contributed by atoms with Crippen LogP contribution in [0.25, 0.3) is 0 Å². The summed E-state index contributed by atoms with van der Waals surface area (Å²) in [5.41, 5.74) is 3.47. The van der Waals surface area contributed by atoms with Crippen molar-refractivity contribution in [3.05, 3.63) is 45.4 Å². The molecule has 0 radical (unpaired) electrons. The maximum Gasteiger partial charge on any atom is 0.0985 e. The van der Waals surface area contributed by atoms with Gasteiger partial charge in [0.25, 0.3) is 0 Å². The fourth-order valence-corrected chi connectivity index (χ4v) is 3.47. The maximum absolute atomic E-state index is 8.96. The zero-order valence-corrected chi connectivity index (χ0v) is 14.9. The molecule has 22 heavy (non-hydrogen) atoms. The minimum Gasteiger partial charge on any atom is -0.396 e. The Morgan fingerprint density at radius 3 is 2.36 bits per heavy atom. The lowest BCUT2D eigenvalue weighted by Crippen LogP contribution is -2.10. The first-order valence-electron chi connectivity index (χ1n) is 7.75. The molecule has 1 aromatic heterocycles. The second-order valence-corrected chi connectivity index (χ2v) is 7.79. The first kappa shape index (κ1) is 17.0. The van der Waals surface area contributed by atoms with Crippen LogP contribution in [-0.2, 0) is 11.8 Å². The predicted molar refractivity (Wildman–Crippen MR) is 94.8 cm³/mol. The average Bonchev–Trinajstić information content (AvgIpc) is 2.83.